The van der Waals surface area contributed by atoms with Gasteiger partial charge in [-0.25, -0.2) is 0 Å². The van der Waals surface area contributed by atoms with Gasteiger partial charge in [-0.05, 0) is 32.0 Å². The van der Waals surface area contributed by atoms with E-state index in [0.717, 1.165) is 0 Å². The number of hydrogen-bond donors (Lipinski definition) is 2. The highest BCUT2D eigenvalue weighted by molar-refractivity contribution is 6.30. The van der Waals surface area contributed by atoms with Crippen molar-refractivity contribution in [1.29, 1.82) is 0 Å². The first-order valence-corrected chi connectivity index (χ1v) is 7.73. The molecule has 0 aliphatic carbocycles. The molecule has 0 spiro atoms. The van der Waals surface area contributed by atoms with Crippen LogP contribution in [0.1, 0.15) is 35.3 Å². The first-order valence-electron chi connectivity index (χ1n) is 7.36. The molecule has 1 heterocycles. The van der Waals surface area contributed by atoms with E-state index < -0.39 is 11.3 Å². The summed E-state index contributed by atoms with van der Waals surface area (Å²) in [5, 5.41) is 21.8. The van der Waals surface area contributed by atoms with Crippen molar-refractivity contribution in [1.82, 2.24) is 4.90 Å². The smallest absolute Gasteiger partial charge is 0.257 e. The van der Waals surface area contributed by atoms with Gasteiger partial charge in [-0.1, -0.05) is 41.9 Å². The number of aliphatic hydroxyl groups is 2. The number of aliphatic hydroxyl groups excluding tert-OH is 1. The van der Waals surface area contributed by atoms with Crippen LogP contribution in [0.5, 0.6) is 0 Å². The van der Waals surface area contributed by atoms with E-state index in [9.17, 15) is 15.0 Å². The van der Waals surface area contributed by atoms with Gasteiger partial charge in [0.1, 0.15) is 0 Å². The average Bonchev–Trinajstić information content (AvgIpc) is 2.78. The lowest BCUT2D eigenvalue weighted by molar-refractivity contribution is -0.104. The molecule has 5 heteroatoms. The van der Waals surface area contributed by atoms with E-state index in [-0.39, 0.29) is 12.5 Å². The van der Waals surface area contributed by atoms with Gasteiger partial charge in [0.15, 0.2) is 5.72 Å². The number of halogens is 1. The molecule has 1 aliphatic rings. The zero-order valence-electron chi connectivity index (χ0n) is 13.0. The van der Waals surface area contributed by atoms with Gasteiger partial charge in [0.25, 0.3) is 5.91 Å². The Balaban J connectivity index is 2.28. The predicted octanol–water partition coefficient (Wildman–Crippen LogP) is 2.76. The molecule has 23 heavy (non-hydrogen) atoms. The first-order chi connectivity index (χ1) is 10.8. The zero-order valence-corrected chi connectivity index (χ0v) is 13.7. The Labute approximate surface area is 139 Å². The average molecular weight is 332 g/mol. The molecule has 1 amide bonds. The molecule has 3 rings (SSSR count). The van der Waals surface area contributed by atoms with Gasteiger partial charge in [-0.2, -0.15) is 0 Å². The molecule has 2 aromatic carbocycles. The van der Waals surface area contributed by atoms with Gasteiger partial charge in [0, 0.05) is 21.7 Å². The van der Waals surface area contributed by atoms with Crippen LogP contribution in [0, 0.1) is 0 Å². The fourth-order valence-corrected chi connectivity index (χ4v) is 3.24. The van der Waals surface area contributed by atoms with Gasteiger partial charge in [-0.15, -0.1) is 0 Å². The molecule has 2 aromatic rings. The first kappa shape index (κ1) is 16.0. The lowest BCUT2D eigenvalue weighted by Crippen LogP contribution is -2.57. The molecule has 2 N–H and O–H groups in total. The maximum Gasteiger partial charge on any atom is 0.257 e. The molecule has 1 atom stereocenters. The Morgan fingerprint density at radius 2 is 1.74 bits per heavy atom. The topological polar surface area (TPSA) is 60.8 Å². The van der Waals surface area contributed by atoms with E-state index in [1.165, 1.54) is 4.90 Å². The lowest BCUT2D eigenvalue weighted by atomic mass is 9.91. The van der Waals surface area contributed by atoms with Crippen LogP contribution >= 0.6 is 11.6 Å². The van der Waals surface area contributed by atoms with Crippen LogP contribution in [0.2, 0.25) is 5.02 Å². The minimum atomic E-state index is -1.65. The van der Waals surface area contributed by atoms with Crippen LogP contribution in [0.3, 0.4) is 0 Å². The summed E-state index contributed by atoms with van der Waals surface area (Å²) >= 11 is 5.94. The quantitative estimate of drug-likeness (QED) is 0.909. The van der Waals surface area contributed by atoms with Crippen molar-refractivity contribution < 1.29 is 15.0 Å². The Morgan fingerprint density at radius 3 is 2.35 bits per heavy atom. The van der Waals surface area contributed by atoms with E-state index in [4.69, 9.17) is 11.6 Å². The number of carbonyl (C=O) groups excluding carboxylic acids is 1. The van der Waals surface area contributed by atoms with E-state index in [1.807, 2.05) is 0 Å². The second kappa shape index (κ2) is 5.34. The van der Waals surface area contributed by atoms with Crippen molar-refractivity contribution in [3.05, 3.63) is 70.2 Å². The molecule has 0 saturated heterocycles. The number of rotatable bonds is 3. The van der Waals surface area contributed by atoms with Crippen molar-refractivity contribution in [2.75, 3.05) is 6.61 Å². The van der Waals surface area contributed by atoms with Crippen LogP contribution in [-0.2, 0) is 5.72 Å². The number of hydrogen-bond acceptors (Lipinski definition) is 3. The summed E-state index contributed by atoms with van der Waals surface area (Å²) < 4.78 is 0. The highest BCUT2D eigenvalue weighted by Gasteiger charge is 2.54. The van der Waals surface area contributed by atoms with Gasteiger partial charge in [0.05, 0.1) is 12.1 Å². The second-order valence-corrected chi connectivity index (χ2v) is 6.77. The van der Waals surface area contributed by atoms with E-state index in [2.05, 4.69) is 0 Å². The van der Waals surface area contributed by atoms with Gasteiger partial charge in [-0.3, -0.25) is 9.69 Å². The van der Waals surface area contributed by atoms with Crippen molar-refractivity contribution in [3.63, 3.8) is 0 Å². The number of nitrogens with zero attached hydrogens (tertiary/aromatic N) is 1. The normalized spacial score (nSPS) is 20.7. The molecule has 0 aromatic heterocycles. The third-order valence-electron chi connectivity index (χ3n) is 4.30. The fraction of sp³-hybridized carbons (Fsp3) is 0.278. The summed E-state index contributed by atoms with van der Waals surface area (Å²) in [5.41, 5.74) is -1.11. The molecule has 4 nitrogen and oxygen atoms in total. The molecule has 1 aliphatic heterocycles. The summed E-state index contributed by atoms with van der Waals surface area (Å²) in [6.07, 6.45) is 0. The molecular weight excluding hydrogens is 314 g/mol. The Morgan fingerprint density at radius 1 is 1.13 bits per heavy atom. The molecular formula is C18H18ClNO3. The van der Waals surface area contributed by atoms with E-state index in [1.54, 1.807) is 62.4 Å². The Hall–Kier alpha value is -1.88. The molecule has 1 unspecified atom stereocenters. The highest BCUT2D eigenvalue weighted by Crippen LogP contribution is 2.45. The SMILES string of the molecule is CC(C)(CO)N1C(=O)c2ccccc2C1(O)c1ccc(Cl)cc1. The maximum atomic E-state index is 12.9. The Bertz CT molecular complexity index is 757. The predicted molar refractivity (Wildman–Crippen MR) is 88.2 cm³/mol. The molecule has 120 valence electrons. The van der Waals surface area contributed by atoms with Crippen LogP contribution in [0.15, 0.2) is 48.5 Å². The minimum Gasteiger partial charge on any atom is -0.394 e. The van der Waals surface area contributed by atoms with Crippen molar-refractivity contribution >= 4 is 17.5 Å². The largest absolute Gasteiger partial charge is 0.394 e. The Kier molecular flexibility index (Phi) is 3.71. The lowest BCUT2D eigenvalue weighted by Gasteiger charge is -2.44. The van der Waals surface area contributed by atoms with Crippen molar-refractivity contribution in [3.8, 4) is 0 Å². The molecule has 0 fully saturated rings. The fourth-order valence-electron chi connectivity index (χ4n) is 3.11. The van der Waals surface area contributed by atoms with Crippen molar-refractivity contribution in [2.45, 2.75) is 25.1 Å². The maximum absolute atomic E-state index is 12.9. The monoisotopic (exact) mass is 331 g/mol. The van der Waals surface area contributed by atoms with E-state index >= 15 is 0 Å². The number of amides is 1. The summed E-state index contributed by atoms with van der Waals surface area (Å²) in [7, 11) is 0. The van der Waals surface area contributed by atoms with Crippen LogP contribution in [0.25, 0.3) is 0 Å². The second-order valence-electron chi connectivity index (χ2n) is 6.34. The summed E-state index contributed by atoms with van der Waals surface area (Å²) in [5.74, 6) is -0.308. The van der Waals surface area contributed by atoms with E-state index in [0.29, 0.717) is 21.7 Å². The number of fused-ring (bicyclic) bond motifs is 1. The highest BCUT2D eigenvalue weighted by atomic mass is 35.5. The minimum absolute atomic E-state index is 0.275. The van der Waals surface area contributed by atoms with Crippen molar-refractivity contribution in [2.24, 2.45) is 0 Å². The van der Waals surface area contributed by atoms with Crippen LogP contribution < -0.4 is 0 Å². The molecule has 0 saturated carbocycles. The molecule has 0 radical (unpaired) electrons. The van der Waals surface area contributed by atoms with Gasteiger partial charge >= 0.3 is 0 Å². The van der Waals surface area contributed by atoms with Gasteiger partial charge in [0.2, 0.25) is 0 Å². The third kappa shape index (κ3) is 2.26. The summed E-state index contributed by atoms with van der Waals surface area (Å²) in [6, 6.07) is 13.7. The van der Waals surface area contributed by atoms with Crippen LogP contribution in [0.4, 0.5) is 0 Å². The van der Waals surface area contributed by atoms with Gasteiger partial charge < -0.3 is 10.2 Å². The summed E-state index contributed by atoms with van der Waals surface area (Å²) in [6.45, 7) is 3.16. The third-order valence-corrected chi connectivity index (χ3v) is 4.55. The number of carbonyl (C=O) groups is 1. The standard InChI is InChI=1S/C18H18ClNO3/c1-17(2,11-21)20-16(22)14-5-3-4-6-15(14)18(20,23)12-7-9-13(19)10-8-12/h3-10,21,23H,11H2,1-2H3. The zero-order chi connectivity index (χ0) is 16.8. The van der Waals surface area contributed by atoms with Crippen LogP contribution in [-0.4, -0.2) is 33.2 Å². The summed E-state index contributed by atoms with van der Waals surface area (Å²) in [4.78, 5) is 14.2. The molecule has 0 bridgehead atoms. The number of benzene rings is 2.